The molecule has 0 aliphatic heterocycles. The van der Waals surface area contributed by atoms with Crippen LogP contribution in [0.3, 0.4) is 0 Å². The number of amides is 1. The Labute approximate surface area is 115 Å². The van der Waals surface area contributed by atoms with Gasteiger partial charge in [0.05, 0.1) is 5.56 Å². The highest BCUT2D eigenvalue weighted by molar-refractivity contribution is 6.31. The van der Waals surface area contributed by atoms with E-state index in [0.29, 0.717) is 21.8 Å². The molecule has 0 aliphatic rings. The van der Waals surface area contributed by atoms with Crippen LogP contribution in [0.25, 0.3) is 0 Å². The first-order valence-corrected chi connectivity index (χ1v) is 6.02. The Morgan fingerprint density at radius 3 is 2.79 bits per heavy atom. The summed E-state index contributed by atoms with van der Waals surface area (Å²) in [5.74, 6) is -0.682. The minimum Gasteiger partial charge on any atom is -0.398 e. The molecule has 0 unspecified atom stereocenters. The van der Waals surface area contributed by atoms with Gasteiger partial charge in [-0.05, 0) is 35.9 Å². The van der Waals surface area contributed by atoms with E-state index in [4.69, 9.17) is 17.3 Å². The minimum absolute atomic E-state index is 0.225. The third kappa shape index (κ3) is 3.45. The first-order valence-electron chi connectivity index (χ1n) is 5.64. The second-order valence-corrected chi connectivity index (χ2v) is 4.48. The maximum Gasteiger partial charge on any atom is 0.253 e. The topological polar surface area (TPSA) is 55.1 Å². The van der Waals surface area contributed by atoms with Crippen LogP contribution in [-0.4, -0.2) is 5.91 Å². The maximum atomic E-state index is 13.0. The molecule has 0 aliphatic carbocycles. The summed E-state index contributed by atoms with van der Waals surface area (Å²) in [5, 5.41) is 3.10. The van der Waals surface area contributed by atoms with Gasteiger partial charge in [0.25, 0.3) is 5.91 Å². The van der Waals surface area contributed by atoms with E-state index in [1.165, 1.54) is 18.2 Å². The van der Waals surface area contributed by atoms with Crippen LogP contribution in [0.5, 0.6) is 0 Å². The van der Waals surface area contributed by atoms with Crippen molar-refractivity contribution in [2.24, 2.45) is 0 Å². The Bertz CT molecular complexity index is 616. The summed E-state index contributed by atoms with van der Waals surface area (Å²) in [7, 11) is 0. The number of hydrogen-bond donors (Lipinski definition) is 2. The van der Waals surface area contributed by atoms with E-state index in [2.05, 4.69) is 5.32 Å². The van der Waals surface area contributed by atoms with Crippen LogP contribution in [-0.2, 0) is 6.54 Å². The Balaban J connectivity index is 2.07. The fraction of sp³-hybridized carbons (Fsp3) is 0.0714. The number of anilines is 1. The second kappa shape index (κ2) is 5.71. The smallest absolute Gasteiger partial charge is 0.253 e. The molecule has 1 amide bonds. The highest BCUT2D eigenvalue weighted by Crippen LogP contribution is 2.17. The number of carbonyl (C=O) groups is 1. The number of rotatable bonds is 3. The summed E-state index contributed by atoms with van der Waals surface area (Å²) in [6.45, 7) is 0.225. The minimum atomic E-state index is -0.343. The Morgan fingerprint density at radius 2 is 2.05 bits per heavy atom. The van der Waals surface area contributed by atoms with Gasteiger partial charge in [0.15, 0.2) is 0 Å². The van der Waals surface area contributed by atoms with Gasteiger partial charge >= 0.3 is 0 Å². The van der Waals surface area contributed by atoms with Crippen molar-refractivity contribution in [1.29, 1.82) is 0 Å². The number of nitrogens with one attached hydrogen (secondary N) is 1. The van der Waals surface area contributed by atoms with Gasteiger partial charge in [0.2, 0.25) is 0 Å². The van der Waals surface area contributed by atoms with Crippen LogP contribution in [0.2, 0.25) is 5.02 Å². The molecule has 0 saturated carbocycles. The summed E-state index contributed by atoms with van der Waals surface area (Å²) in [4.78, 5) is 11.9. The van der Waals surface area contributed by atoms with Crippen molar-refractivity contribution >= 4 is 23.2 Å². The van der Waals surface area contributed by atoms with E-state index < -0.39 is 0 Å². The number of carbonyl (C=O) groups excluding carboxylic acids is 1. The average Bonchev–Trinajstić information content (AvgIpc) is 2.39. The molecule has 5 heteroatoms. The Hall–Kier alpha value is -2.07. The summed E-state index contributed by atoms with van der Waals surface area (Å²) >= 11 is 5.81. The highest BCUT2D eigenvalue weighted by atomic mass is 35.5. The first kappa shape index (κ1) is 13.4. The zero-order chi connectivity index (χ0) is 13.8. The van der Waals surface area contributed by atoms with Crippen molar-refractivity contribution in [1.82, 2.24) is 5.32 Å². The number of halogens is 2. The van der Waals surface area contributed by atoms with Crippen LogP contribution >= 0.6 is 11.6 Å². The molecule has 0 heterocycles. The van der Waals surface area contributed by atoms with Crippen LogP contribution in [0, 0.1) is 5.82 Å². The van der Waals surface area contributed by atoms with E-state index in [1.807, 2.05) is 0 Å². The van der Waals surface area contributed by atoms with Crippen LogP contribution in [0.15, 0.2) is 42.5 Å². The van der Waals surface area contributed by atoms with Gasteiger partial charge in [-0.3, -0.25) is 4.79 Å². The molecule has 19 heavy (non-hydrogen) atoms. The van der Waals surface area contributed by atoms with Gasteiger partial charge in [0.1, 0.15) is 5.82 Å². The lowest BCUT2D eigenvalue weighted by atomic mass is 10.1. The lowest BCUT2D eigenvalue weighted by Gasteiger charge is -2.08. The lowest BCUT2D eigenvalue weighted by molar-refractivity contribution is 0.0951. The number of nitrogen functional groups attached to an aromatic ring is 1. The molecule has 0 fully saturated rings. The monoisotopic (exact) mass is 278 g/mol. The molecule has 98 valence electrons. The standard InChI is InChI=1S/C14H12ClFN2O/c15-10-4-5-13(17)12(7-10)14(19)18-8-9-2-1-3-11(16)6-9/h1-7H,8,17H2,(H,18,19). The molecule has 0 spiro atoms. The Kier molecular flexibility index (Phi) is 4.02. The van der Waals surface area contributed by atoms with E-state index >= 15 is 0 Å². The predicted molar refractivity (Wildman–Crippen MR) is 73.4 cm³/mol. The second-order valence-electron chi connectivity index (χ2n) is 4.04. The van der Waals surface area contributed by atoms with Crippen molar-refractivity contribution in [2.45, 2.75) is 6.54 Å². The van der Waals surface area contributed by atoms with E-state index in [0.717, 1.165) is 0 Å². The van der Waals surface area contributed by atoms with Crippen LogP contribution in [0.4, 0.5) is 10.1 Å². The highest BCUT2D eigenvalue weighted by Gasteiger charge is 2.10. The molecule has 2 rings (SSSR count). The first-order chi connectivity index (χ1) is 9.06. The van der Waals surface area contributed by atoms with Crippen molar-refractivity contribution in [3.8, 4) is 0 Å². The largest absolute Gasteiger partial charge is 0.398 e. The third-order valence-corrected chi connectivity index (χ3v) is 2.84. The predicted octanol–water partition coefficient (Wildman–Crippen LogP) is 2.99. The third-order valence-electron chi connectivity index (χ3n) is 2.60. The number of benzene rings is 2. The van der Waals surface area contributed by atoms with Crippen LogP contribution in [0.1, 0.15) is 15.9 Å². The van der Waals surface area contributed by atoms with Gasteiger partial charge in [-0.1, -0.05) is 23.7 Å². The summed E-state index contributed by atoms with van der Waals surface area (Å²) in [5.41, 5.74) is 7.04. The normalized spacial score (nSPS) is 10.2. The van der Waals surface area contributed by atoms with Gasteiger partial charge in [0, 0.05) is 17.3 Å². The SMILES string of the molecule is Nc1ccc(Cl)cc1C(=O)NCc1cccc(F)c1. The van der Waals surface area contributed by atoms with Gasteiger partial charge in [-0.15, -0.1) is 0 Å². The molecule has 2 aromatic carbocycles. The molecule has 0 radical (unpaired) electrons. The molecule has 0 bridgehead atoms. The number of hydrogen-bond acceptors (Lipinski definition) is 2. The molecule has 0 atom stereocenters. The van der Waals surface area contributed by atoms with Crippen molar-refractivity contribution in [3.05, 3.63) is 64.4 Å². The molecule has 0 saturated heterocycles. The Morgan fingerprint density at radius 1 is 1.26 bits per heavy atom. The molecular weight excluding hydrogens is 267 g/mol. The number of nitrogens with two attached hydrogens (primary N) is 1. The average molecular weight is 279 g/mol. The van der Waals surface area contributed by atoms with Gasteiger partial charge in [-0.2, -0.15) is 0 Å². The fourth-order valence-electron chi connectivity index (χ4n) is 1.65. The maximum absolute atomic E-state index is 13.0. The molecule has 3 N–H and O–H groups in total. The van der Waals surface area contributed by atoms with Gasteiger partial charge < -0.3 is 11.1 Å². The lowest BCUT2D eigenvalue weighted by Crippen LogP contribution is -2.23. The molecule has 2 aromatic rings. The summed E-state index contributed by atoms with van der Waals surface area (Å²) in [6, 6.07) is 10.7. The quantitative estimate of drug-likeness (QED) is 0.848. The zero-order valence-electron chi connectivity index (χ0n) is 9.99. The van der Waals surface area contributed by atoms with E-state index in [-0.39, 0.29) is 18.3 Å². The summed E-state index contributed by atoms with van der Waals surface area (Å²) in [6.07, 6.45) is 0. The molecular formula is C14H12ClFN2O. The van der Waals surface area contributed by atoms with Crippen LogP contribution < -0.4 is 11.1 Å². The van der Waals surface area contributed by atoms with Crippen molar-refractivity contribution in [3.63, 3.8) is 0 Å². The molecule has 3 nitrogen and oxygen atoms in total. The van der Waals surface area contributed by atoms with Gasteiger partial charge in [-0.25, -0.2) is 4.39 Å². The molecule has 0 aromatic heterocycles. The van der Waals surface area contributed by atoms with E-state index in [1.54, 1.807) is 24.3 Å². The zero-order valence-corrected chi connectivity index (χ0v) is 10.7. The summed E-state index contributed by atoms with van der Waals surface area (Å²) < 4.78 is 13.0. The van der Waals surface area contributed by atoms with E-state index in [9.17, 15) is 9.18 Å². The fourth-order valence-corrected chi connectivity index (χ4v) is 1.82. The van der Waals surface area contributed by atoms with Crippen molar-refractivity contribution in [2.75, 3.05) is 5.73 Å². The van der Waals surface area contributed by atoms with Crippen molar-refractivity contribution < 1.29 is 9.18 Å².